The maximum absolute atomic E-state index is 12.5. The fourth-order valence-electron chi connectivity index (χ4n) is 3.11. The summed E-state index contributed by atoms with van der Waals surface area (Å²) in [5, 5.41) is 16.3. The van der Waals surface area contributed by atoms with Crippen molar-refractivity contribution in [2.75, 3.05) is 13.6 Å². The molecule has 0 unspecified atom stereocenters. The molecule has 7 nitrogen and oxygen atoms in total. The predicted octanol–water partition coefficient (Wildman–Crippen LogP) is 2.69. The van der Waals surface area contributed by atoms with Gasteiger partial charge >= 0.3 is 0 Å². The Hall–Kier alpha value is -0.910. The summed E-state index contributed by atoms with van der Waals surface area (Å²) < 4.78 is 26.5. The number of rotatable bonds is 7. The molecule has 0 bridgehead atoms. The van der Waals surface area contributed by atoms with Crippen LogP contribution in [0.1, 0.15) is 52.0 Å². The maximum atomic E-state index is 12.5. The molecule has 0 heterocycles. The number of halogens is 1. The summed E-state index contributed by atoms with van der Waals surface area (Å²) in [5.74, 6) is 0.750. The molecule has 1 aromatic carbocycles. The van der Waals surface area contributed by atoms with E-state index in [9.17, 15) is 13.5 Å². The second kappa shape index (κ2) is 12.1. The van der Waals surface area contributed by atoms with E-state index in [1.807, 2.05) is 32.9 Å². The van der Waals surface area contributed by atoms with E-state index in [4.69, 9.17) is 0 Å². The van der Waals surface area contributed by atoms with Gasteiger partial charge in [-0.3, -0.25) is 0 Å². The van der Waals surface area contributed by atoms with E-state index in [1.165, 1.54) is 4.31 Å². The van der Waals surface area contributed by atoms with E-state index >= 15 is 0 Å². The molecule has 0 aliphatic heterocycles. The number of hydrogen-bond donors (Lipinski definition) is 3. The van der Waals surface area contributed by atoms with Crippen molar-refractivity contribution in [3.63, 3.8) is 0 Å². The van der Waals surface area contributed by atoms with Gasteiger partial charge in [0.1, 0.15) is 0 Å². The predicted molar refractivity (Wildman–Crippen MR) is 128 cm³/mol. The summed E-state index contributed by atoms with van der Waals surface area (Å²) in [4.78, 5) is 4.92. The van der Waals surface area contributed by atoms with Crippen LogP contribution in [0.25, 0.3) is 0 Å². The number of nitrogens with one attached hydrogen (secondary N) is 2. The van der Waals surface area contributed by atoms with Crippen LogP contribution in [0.3, 0.4) is 0 Å². The highest BCUT2D eigenvalue weighted by molar-refractivity contribution is 14.0. The van der Waals surface area contributed by atoms with Crippen molar-refractivity contribution in [2.45, 2.75) is 76.1 Å². The molecule has 9 heteroatoms. The van der Waals surface area contributed by atoms with Crippen LogP contribution in [0.5, 0.6) is 0 Å². The molecule has 1 aromatic rings. The molecule has 0 radical (unpaired) electrons. The molecule has 0 amide bonds. The molecule has 166 valence electrons. The van der Waals surface area contributed by atoms with Gasteiger partial charge < -0.3 is 15.7 Å². The van der Waals surface area contributed by atoms with Gasteiger partial charge in [-0.25, -0.2) is 13.4 Å². The first-order valence-electron chi connectivity index (χ1n) is 10.0. The number of hydrogen-bond acceptors (Lipinski definition) is 4. The van der Waals surface area contributed by atoms with Crippen molar-refractivity contribution in [2.24, 2.45) is 4.99 Å². The normalized spacial score (nSPS) is 20.4. The SMILES string of the molecule is CCNC(=NCc1ccc(S(=O)(=O)N(C)C(C)C)cc1)NC1CCC(O)CC1.I. The van der Waals surface area contributed by atoms with E-state index in [-0.39, 0.29) is 36.1 Å². The Balaban J connectivity index is 0.00000420. The first kappa shape index (κ1) is 26.1. The summed E-state index contributed by atoms with van der Waals surface area (Å²) in [7, 11) is -1.87. The lowest BCUT2D eigenvalue weighted by molar-refractivity contribution is 0.120. The molecular formula is C20H35IN4O3S. The van der Waals surface area contributed by atoms with Gasteiger partial charge in [0.05, 0.1) is 17.5 Å². The highest BCUT2D eigenvalue weighted by Crippen LogP contribution is 2.19. The van der Waals surface area contributed by atoms with Gasteiger partial charge in [-0.15, -0.1) is 24.0 Å². The minimum atomic E-state index is -3.47. The molecule has 2 rings (SSSR count). The molecule has 0 aromatic heterocycles. The quantitative estimate of drug-likeness (QED) is 0.282. The monoisotopic (exact) mass is 538 g/mol. The Morgan fingerprint density at radius 2 is 1.79 bits per heavy atom. The summed E-state index contributed by atoms with van der Waals surface area (Å²) >= 11 is 0. The van der Waals surface area contributed by atoms with Crippen molar-refractivity contribution in [3.8, 4) is 0 Å². The van der Waals surface area contributed by atoms with Crippen LogP contribution in [-0.4, -0.2) is 55.6 Å². The van der Waals surface area contributed by atoms with E-state index in [1.54, 1.807) is 19.2 Å². The maximum Gasteiger partial charge on any atom is 0.243 e. The van der Waals surface area contributed by atoms with Crippen LogP contribution in [0.2, 0.25) is 0 Å². The fraction of sp³-hybridized carbons (Fsp3) is 0.650. The number of aliphatic hydroxyl groups excluding tert-OH is 1. The highest BCUT2D eigenvalue weighted by atomic mass is 127. The Bertz CT molecular complexity index is 745. The van der Waals surface area contributed by atoms with Gasteiger partial charge in [0.15, 0.2) is 5.96 Å². The largest absolute Gasteiger partial charge is 0.393 e. The standard InChI is InChI=1S/C20H34N4O3S.HI/c1-5-21-20(23-17-8-10-18(25)11-9-17)22-14-16-6-12-19(13-7-16)28(26,27)24(4)15(2)3;/h6-7,12-13,15,17-18,25H,5,8-11,14H2,1-4H3,(H2,21,22,23);1H. The zero-order valence-corrected chi connectivity index (χ0v) is 20.9. The molecule has 1 saturated carbocycles. The molecule has 29 heavy (non-hydrogen) atoms. The second-order valence-corrected chi connectivity index (χ2v) is 9.60. The number of guanidine groups is 1. The van der Waals surface area contributed by atoms with Crippen molar-refractivity contribution in [1.29, 1.82) is 0 Å². The Labute approximate surface area is 192 Å². The molecular weight excluding hydrogens is 503 g/mol. The Morgan fingerprint density at radius 3 is 2.31 bits per heavy atom. The Kier molecular flexibility index (Phi) is 10.9. The van der Waals surface area contributed by atoms with Crippen LogP contribution in [0.15, 0.2) is 34.2 Å². The van der Waals surface area contributed by atoms with E-state index < -0.39 is 10.0 Å². The van der Waals surface area contributed by atoms with Crippen molar-refractivity contribution in [3.05, 3.63) is 29.8 Å². The number of benzene rings is 1. The zero-order valence-electron chi connectivity index (χ0n) is 17.8. The average Bonchev–Trinajstić information content (AvgIpc) is 2.67. The Morgan fingerprint density at radius 1 is 1.21 bits per heavy atom. The summed E-state index contributed by atoms with van der Waals surface area (Å²) in [6.45, 7) is 6.95. The number of sulfonamides is 1. The van der Waals surface area contributed by atoms with E-state index in [0.29, 0.717) is 17.5 Å². The summed E-state index contributed by atoms with van der Waals surface area (Å²) in [5.41, 5.74) is 0.947. The van der Waals surface area contributed by atoms with Gasteiger partial charge in [-0.1, -0.05) is 12.1 Å². The molecule has 0 spiro atoms. The van der Waals surface area contributed by atoms with Crippen molar-refractivity contribution >= 4 is 40.0 Å². The van der Waals surface area contributed by atoms with Crippen LogP contribution in [0.4, 0.5) is 0 Å². The molecule has 1 aliphatic rings. The molecule has 1 fully saturated rings. The van der Waals surface area contributed by atoms with Gasteiger partial charge in [-0.2, -0.15) is 4.31 Å². The number of aliphatic imine (C=N–C) groups is 1. The first-order valence-corrected chi connectivity index (χ1v) is 11.5. The lowest BCUT2D eigenvalue weighted by Gasteiger charge is -2.27. The third-order valence-electron chi connectivity index (χ3n) is 5.13. The summed E-state index contributed by atoms with van der Waals surface area (Å²) in [6.07, 6.45) is 3.32. The number of aliphatic hydroxyl groups is 1. The third-order valence-corrected chi connectivity index (χ3v) is 7.18. The van der Waals surface area contributed by atoms with Crippen molar-refractivity contribution in [1.82, 2.24) is 14.9 Å². The smallest absolute Gasteiger partial charge is 0.243 e. The molecule has 0 atom stereocenters. The summed E-state index contributed by atoms with van der Waals surface area (Å²) in [6, 6.07) is 7.13. The molecule has 1 aliphatic carbocycles. The topological polar surface area (TPSA) is 94.0 Å². The van der Waals surface area contributed by atoms with Crippen molar-refractivity contribution < 1.29 is 13.5 Å². The van der Waals surface area contributed by atoms with E-state index in [2.05, 4.69) is 15.6 Å². The van der Waals surface area contributed by atoms with Gasteiger partial charge in [0.2, 0.25) is 10.0 Å². The lowest BCUT2D eigenvalue weighted by atomic mass is 9.93. The highest BCUT2D eigenvalue weighted by Gasteiger charge is 2.23. The van der Waals surface area contributed by atoms with Gasteiger partial charge in [0.25, 0.3) is 0 Å². The van der Waals surface area contributed by atoms with Gasteiger partial charge in [0, 0.05) is 25.7 Å². The zero-order chi connectivity index (χ0) is 20.7. The molecule has 3 N–H and O–H groups in total. The lowest BCUT2D eigenvalue weighted by Crippen LogP contribution is -2.45. The van der Waals surface area contributed by atoms with Crippen LogP contribution in [-0.2, 0) is 16.6 Å². The fourth-order valence-corrected chi connectivity index (χ4v) is 4.48. The number of nitrogens with zero attached hydrogens (tertiary/aromatic N) is 2. The second-order valence-electron chi connectivity index (χ2n) is 7.60. The van der Waals surface area contributed by atoms with E-state index in [0.717, 1.165) is 43.8 Å². The minimum absolute atomic E-state index is 0. The van der Waals surface area contributed by atoms with Crippen LogP contribution in [0, 0.1) is 0 Å². The third kappa shape index (κ3) is 7.69. The first-order chi connectivity index (χ1) is 13.2. The van der Waals surface area contributed by atoms with Crippen LogP contribution < -0.4 is 10.6 Å². The minimum Gasteiger partial charge on any atom is -0.393 e. The van der Waals surface area contributed by atoms with Gasteiger partial charge in [-0.05, 0) is 64.2 Å². The molecule has 0 saturated heterocycles. The average molecular weight is 538 g/mol. The van der Waals surface area contributed by atoms with Crippen LogP contribution >= 0.6 is 24.0 Å².